The number of nitrogens with two attached hydrogens (primary N) is 1. The number of nitrogen functional groups attached to an aromatic ring is 1. The topological polar surface area (TPSA) is 50.9 Å². The third-order valence-corrected chi connectivity index (χ3v) is 2.52. The Labute approximate surface area is 88.8 Å². The first-order valence-corrected chi connectivity index (χ1v) is 5.63. The van der Waals surface area contributed by atoms with E-state index in [1.54, 1.807) is 6.07 Å². The van der Waals surface area contributed by atoms with Crippen LogP contribution >= 0.6 is 11.8 Å². The molecule has 0 aliphatic rings. The summed E-state index contributed by atoms with van der Waals surface area (Å²) in [6.07, 6.45) is 1.91. The first-order chi connectivity index (χ1) is 6.83. The van der Waals surface area contributed by atoms with Crippen LogP contribution in [0.1, 0.15) is 0 Å². The molecule has 0 amide bonds. The summed E-state index contributed by atoms with van der Waals surface area (Å²) in [6.45, 7) is 4.56. The van der Waals surface area contributed by atoms with Gasteiger partial charge in [-0.25, -0.2) is 4.98 Å². The molecule has 0 aliphatic heterocycles. The predicted molar refractivity (Wildman–Crippen MR) is 64.7 cm³/mol. The summed E-state index contributed by atoms with van der Waals surface area (Å²) < 4.78 is 0. The molecular formula is C10H15N3S. The van der Waals surface area contributed by atoms with E-state index in [0.29, 0.717) is 5.82 Å². The molecule has 4 heteroatoms. The van der Waals surface area contributed by atoms with E-state index in [-0.39, 0.29) is 0 Å². The van der Waals surface area contributed by atoms with E-state index in [1.807, 2.05) is 30.0 Å². The molecule has 3 nitrogen and oxygen atoms in total. The molecule has 0 fully saturated rings. The van der Waals surface area contributed by atoms with Crippen LogP contribution in [0.3, 0.4) is 0 Å². The van der Waals surface area contributed by atoms with Crippen molar-refractivity contribution in [3.63, 3.8) is 0 Å². The van der Waals surface area contributed by atoms with Crippen LogP contribution in [0.25, 0.3) is 0 Å². The molecule has 1 heterocycles. The highest BCUT2D eigenvalue weighted by molar-refractivity contribution is 7.99. The van der Waals surface area contributed by atoms with Crippen molar-refractivity contribution in [3.05, 3.63) is 30.9 Å². The highest BCUT2D eigenvalue weighted by Gasteiger charge is 1.92. The van der Waals surface area contributed by atoms with Gasteiger partial charge in [-0.15, -0.1) is 6.58 Å². The van der Waals surface area contributed by atoms with Crippen molar-refractivity contribution in [3.8, 4) is 0 Å². The number of thioether (sulfide) groups is 1. The molecule has 0 saturated heterocycles. The van der Waals surface area contributed by atoms with Gasteiger partial charge in [-0.2, -0.15) is 11.8 Å². The average Bonchev–Trinajstić information content (AvgIpc) is 2.18. The van der Waals surface area contributed by atoms with E-state index < -0.39 is 0 Å². The molecule has 1 aromatic heterocycles. The minimum atomic E-state index is 0.550. The normalized spacial score (nSPS) is 9.71. The molecule has 76 valence electrons. The van der Waals surface area contributed by atoms with Crippen LogP contribution in [-0.4, -0.2) is 23.0 Å². The van der Waals surface area contributed by atoms with Gasteiger partial charge in [0.05, 0.1) is 0 Å². The number of rotatable bonds is 6. The number of nitrogens with zero attached hydrogens (tertiary/aromatic N) is 1. The minimum Gasteiger partial charge on any atom is -0.384 e. The van der Waals surface area contributed by atoms with Gasteiger partial charge < -0.3 is 11.1 Å². The molecule has 1 aromatic rings. The first kappa shape index (κ1) is 10.9. The highest BCUT2D eigenvalue weighted by atomic mass is 32.2. The van der Waals surface area contributed by atoms with E-state index in [9.17, 15) is 0 Å². The van der Waals surface area contributed by atoms with Gasteiger partial charge >= 0.3 is 0 Å². The summed E-state index contributed by atoms with van der Waals surface area (Å²) in [6, 6.07) is 5.58. The fourth-order valence-electron chi connectivity index (χ4n) is 0.968. The molecule has 0 radical (unpaired) electrons. The molecule has 0 aliphatic carbocycles. The summed E-state index contributed by atoms with van der Waals surface area (Å²) in [7, 11) is 0. The standard InChI is InChI=1S/C10H15N3S/c1-2-7-14-8-6-12-10-5-3-4-9(11)13-10/h2-5H,1,6-8H2,(H3,11,12,13). The van der Waals surface area contributed by atoms with Crippen LogP contribution in [0.4, 0.5) is 11.6 Å². The Kier molecular flexibility index (Phi) is 4.93. The van der Waals surface area contributed by atoms with Gasteiger partial charge in [0, 0.05) is 18.1 Å². The second-order valence-corrected chi connectivity index (χ2v) is 3.89. The summed E-state index contributed by atoms with van der Waals surface area (Å²) in [5, 5.41) is 3.20. The lowest BCUT2D eigenvalue weighted by Gasteiger charge is -2.04. The van der Waals surface area contributed by atoms with Gasteiger partial charge in [0.15, 0.2) is 0 Å². The van der Waals surface area contributed by atoms with Crippen LogP contribution < -0.4 is 11.1 Å². The van der Waals surface area contributed by atoms with Crippen molar-refractivity contribution in [1.29, 1.82) is 0 Å². The quantitative estimate of drug-likeness (QED) is 0.556. The van der Waals surface area contributed by atoms with Gasteiger partial charge in [0.2, 0.25) is 0 Å². The molecule has 0 bridgehead atoms. The van der Waals surface area contributed by atoms with Gasteiger partial charge in [0.1, 0.15) is 11.6 Å². The third-order valence-electron chi connectivity index (χ3n) is 1.56. The highest BCUT2D eigenvalue weighted by Crippen LogP contribution is 2.06. The van der Waals surface area contributed by atoms with Gasteiger partial charge in [-0.05, 0) is 12.1 Å². The smallest absolute Gasteiger partial charge is 0.128 e. The second-order valence-electron chi connectivity index (χ2n) is 2.74. The van der Waals surface area contributed by atoms with Crippen LogP contribution in [0.15, 0.2) is 30.9 Å². The zero-order valence-electron chi connectivity index (χ0n) is 8.07. The van der Waals surface area contributed by atoms with Crippen molar-refractivity contribution in [2.24, 2.45) is 0 Å². The molecule has 0 spiro atoms. The summed E-state index contributed by atoms with van der Waals surface area (Å²) in [5.74, 6) is 3.42. The fraction of sp³-hybridized carbons (Fsp3) is 0.300. The van der Waals surface area contributed by atoms with Crippen molar-refractivity contribution >= 4 is 23.4 Å². The largest absolute Gasteiger partial charge is 0.384 e. The predicted octanol–water partition coefficient (Wildman–Crippen LogP) is 1.99. The van der Waals surface area contributed by atoms with Crippen LogP contribution in [-0.2, 0) is 0 Å². The van der Waals surface area contributed by atoms with Crippen molar-refractivity contribution in [1.82, 2.24) is 4.98 Å². The zero-order chi connectivity index (χ0) is 10.2. The van der Waals surface area contributed by atoms with Crippen molar-refractivity contribution < 1.29 is 0 Å². The second kappa shape index (κ2) is 6.32. The van der Waals surface area contributed by atoms with E-state index in [0.717, 1.165) is 23.9 Å². The number of nitrogens with one attached hydrogen (secondary N) is 1. The Morgan fingerprint density at radius 2 is 2.43 bits per heavy atom. The number of anilines is 2. The Balaban J connectivity index is 2.21. The number of hydrogen-bond acceptors (Lipinski definition) is 4. The molecular weight excluding hydrogens is 194 g/mol. The summed E-state index contributed by atoms with van der Waals surface area (Å²) in [4.78, 5) is 4.13. The minimum absolute atomic E-state index is 0.550. The first-order valence-electron chi connectivity index (χ1n) is 4.48. The van der Waals surface area contributed by atoms with Gasteiger partial charge in [0.25, 0.3) is 0 Å². The summed E-state index contributed by atoms with van der Waals surface area (Å²) >= 11 is 1.84. The van der Waals surface area contributed by atoms with Gasteiger partial charge in [-0.1, -0.05) is 12.1 Å². The maximum atomic E-state index is 5.54. The van der Waals surface area contributed by atoms with E-state index >= 15 is 0 Å². The Morgan fingerprint density at radius 1 is 1.57 bits per heavy atom. The number of aromatic nitrogens is 1. The number of pyridine rings is 1. The van der Waals surface area contributed by atoms with Crippen molar-refractivity contribution in [2.45, 2.75) is 0 Å². The lowest BCUT2D eigenvalue weighted by Crippen LogP contribution is -2.06. The van der Waals surface area contributed by atoms with E-state index in [1.165, 1.54) is 0 Å². The summed E-state index contributed by atoms with van der Waals surface area (Å²) in [5.41, 5.74) is 5.54. The average molecular weight is 209 g/mol. The van der Waals surface area contributed by atoms with Crippen molar-refractivity contribution in [2.75, 3.05) is 29.1 Å². The van der Waals surface area contributed by atoms with E-state index in [4.69, 9.17) is 5.73 Å². The zero-order valence-corrected chi connectivity index (χ0v) is 8.89. The molecule has 3 N–H and O–H groups in total. The molecule has 1 rings (SSSR count). The maximum absolute atomic E-state index is 5.54. The van der Waals surface area contributed by atoms with Crippen LogP contribution in [0.5, 0.6) is 0 Å². The Hall–Kier alpha value is -1.16. The lowest BCUT2D eigenvalue weighted by atomic mass is 10.4. The van der Waals surface area contributed by atoms with Gasteiger partial charge in [-0.3, -0.25) is 0 Å². The SMILES string of the molecule is C=CCSCCNc1cccc(N)n1. The Bertz CT molecular complexity index is 288. The number of hydrogen-bond donors (Lipinski definition) is 2. The van der Waals surface area contributed by atoms with Crippen LogP contribution in [0, 0.1) is 0 Å². The molecule has 0 saturated carbocycles. The van der Waals surface area contributed by atoms with Crippen LogP contribution in [0.2, 0.25) is 0 Å². The maximum Gasteiger partial charge on any atom is 0.128 e. The van der Waals surface area contributed by atoms with E-state index in [2.05, 4.69) is 16.9 Å². The Morgan fingerprint density at radius 3 is 3.14 bits per heavy atom. The lowest BCUT2D eigenvalue weighted by molar-refractivity contribution is 1.17. The monoisotopic (exact) mass is 209 g/mol. The molecule has 0 unspecified atom stereocenters. The molecule has 0 atom stereocenters. The molecule has 14 heavy (non-hydrogen) atoms. The fourth-order valence-corrected chi connectivity index (χ4v) is 1.55. The third kappa shape index (κ3) is 4.18. The molecule has 0 aromatic carbocycles.